The Bertz CT molecular complexity index is 580. The third-order valence-corrected chi connectivity index (χ3v) is 2.90. The molecule has 0 radical (unpaired) electrons. The molecule has 106 valence electrons. The van der Waals surface area contributed by atoms with Crippen molar-refractivity contribution in [3.05, 3.63) is 48.0 Å². The van der Waals surface area contributed by atoms with Crippen LogP contribution in [0.3, 0.4) is 0 Å². The predicted molar refractivity (Wildman–Crippen MR) is 76.4 cm³/mol. The molecular formula is C16H18O4. The van der Waals surface area contributed by atoms with E-state index in [4.69, 9.17) is 9.47 Å². The number of benzene rings is 2. The fourth-order valence-corrected chi connectivity index (χ4v) is 1.95. The summed E-state index contributed by atoms with van der Waals surface area (Å²) in [4.78, 5) is 0. The zero-order valence-electron chi connectivity index (χ0n) is 11.5. The number of hydrogen-bond acceptors (Lipinski definition) is 4. The largest absolute Gasteiger partial charge is 0.508 e. The first-order valence-electron chi connectivity index (χ1n) is 6.52. The molecule has 2 rings (SSSR count). The lowest BCUT2D eigenvalue weighted by atomic mass is 10.1. The van der Waals surface area contributed by atoms with Crippen LogP contribution in [-0.2, 0) is 0 Å². The summed E-state index contributed by atoms with van der Waals surface area (Å²) < 4.78 is 11.3. The maximum atomic E-state index is 9.73. The molecule has 0 aliphatic heterocycles. The Kier molecular flexibility index (Phi) is 4.35. The lowest BCUT2D eigenvalue weighted by Crippen LogP contribution is -2.06. The van der Waals surface area contributed by atoms with E-state index in [1.54, 1.807) is 42.5 Å². The minimum absolute atomic E-state index is 0.0810. The molecule has 0 aliphatic rings. The Morgan fingerprint density at radius 2 is 1.80 bits per heavy atom. The summed E-state index contributed by atoms with van der Waals surface area (Å²) in [5.41, 5.74) is 0.732. The lowest BCUT2D eigenvalue weighted by Gasteiger charge is -2.19. The molecule has 2 aromatic carbocycles. The van der Waals surface area contributed by atoms with Gasteiger partial charge >= 0.3 is 0 Å². The van der Waals surface area contributed by atoms with Crippen molar-refractivity contribution in [3.63, 3.8) is 0 Å². The van der Waals surface area contributed by atoms with Gasteiger partial charge in [-0.05, 0) is 44.2 Å². The number of phenols is 2. The highest BCUT2D eigenvalue weighted by atomic mass is 16.5. The topological polar surface area (TPSA) is 58.9 Å². The van der Waals surface area contributed by atoms with Gasteiger partial charge in [0.1, 0.15) is 17.6 Å². The molecule has 0 saturated heterocycles. The summed E-state index contributed by atoms with van der Waals surface area (Å²) in [6.45, 7) is 4.26. The number of para-hydroxylation sites is 2. The van der Waals surface area contributed by atoms with E-state index in [-0.39, 0.29) is 17.6 Å². The zero-order chi connectivity index (χ0) is 14.5. The van der Waals surface area contributed by atoms with E-state index in [1.165, 1.54) is 0 Å². The average Bonchev–Trinajstić information content (AvgIpc) is 2.43. The lowest BCUT2D eigenvalue weighted by molar-refractivity contribution is 0.209. The fourth-order valence-electron chi connectivity index (χ4n) is 1.95. The Hall–Kier alpha value is -2.36. The van der Waals surface area contributed by atoms with Gasteiger partial charge in [0, 0.05) is 5.56 Å². The van der Waals surface area contributed by atoms with Crippen LogP contribution in [0.5, 0.6) is 23.0 Å². The highest BCUT2D eigenvalue weighted by Crippen LogP contribution is 2.34. The van der Waals surface area contributed by atoms with Gasteiger partial charge in [-0.1, -0.05) is 12.1 Å². The van der Waals surface area contributed by atoms with Gasteiger partial charge in [0.25, 0.3) is 0 Å². The molecule has 0 aliphatic carbocycles. The van der Waals surface area contributed by atoms with Crippen LogP contribution in [0.1, 0.15) is 25.5 Å². The van der Waals surface area contributed by atoms with E-state index in [9.17, 15) is 10.2 Å². The maximum absolute atomic E-state index is 9.73. The number of phenolic OH excluding ortho intramolecular Hbond substituents is 2. The molecule has 0 amide bonds. The van der Waals surface area contributed by atoms with Crippen molar-refractivity contribution < 1.29 is 19.7 Å². The Balaban J connectivity index is 2.26. The van der Waals surface area contributed by atoms with Crippen LogP contribution < -0.4 is 9.47 Å². The second-order valence-corrected chi connectivity index (χ2v) is 4.38. The summed E-state index contributed by atoms with van der Waals surface area (Å²) in [6.07, 6.45) is -0.364. The second-order valence-electron chi connectivity index (χ2n) is 4.38. The first-order valence-corrected chi connectivity index (χ1v) is 6.52. The van der Waals surface area contributed by atoms with Crippen molar-refractivity contribution in [2.24, 2.45) is 0 Å². The molecule has 0 spiro atoms. The van der Waals surface area contributed by atoms with Gasteiger partial charge in [0.15, 0.2) is 11.5 Å². The van der Waals surface area contributed by atoms with Crippen LogP contribution in [-0.4, -0.2) is 16.8 Å². The van der Waals surface area contributed by atoms with Crippen molar-refractivity contribution in [2.45, 2.75) is 20.0 Å². The SMILES string of the molecule is CCOc1ccc(O)cc1C(C)Oc1ccccc1O. The molecule has 0 heterocycles. The van der Waals surface area contributed by atoms with Gasteiger partial charge in [0.05, 0.1) is 6.61 Å². The van der Waals surface area contributed by atoms with Crippen LogP contribution in [0.4, 0.5) is 0 Å². The van der Waals surface area contributed by atoms with E-state index >= 15 is 0 Å². The summed E-state index contributed by atoms with van der Waals surface area (Å²) in [5, 5.41) is 19.3. The smallest absolute Gasteiger partial charge is 0.161 e. The molecule has 4 nitrogen and oxygen atoms in total. The molecule has 2 aromatic rings. The van der Waals surface area contributed by atoms with E-state index < -0.39 is 0 Å². The van der Waals surface area contributed by atoms with Crippen LogP contribution >= 0.6 is 0 Å². The first-order chi connectivity index (χ1) is 9.61. The van der Waals surface area contributed by atoms with Gasteiger partial charge in [-0.25, -0.2) is 0 Å². The summed E-state index contributed by atoms with van der Waals surface area (Å²) in [6, 6.07) is 11.7. The standard InChI is InChI=1S/C16H18O4/c1-3-19-15-9-8-12(17)10-13(15)11(2)20-16-7-5-4-6-14(16)18/h4-11,17-18H,3H2,1-2H3. The monoisotopic (exact) mass is 274 g/mol. The molecule has 1 atom stereocenters. The minimum atomic E-state index is -0.364. The van der Waals surface area contributed by atoms with E-state index in [1.807, 2.05) is 13.8 Å². The highest BCUT2D eigenvalue weighted by Gasteiger charge is 2.15. The van der Waals surface area contributed by atoms with Gasteiger partial charge in [-0.15, -0.1) is 0 Å². The van der Waals surface area contributed by atoms with Gasteiger partial charge in [-0.2, -0.15) is 0 Å². The van der Waals surface area contributed by atoms with Crippen molar-refractivity contribution in [3.8, 4) is 23.0 Å². The van der Waals surface area contributed by atoms with Crippen LogP contribution in [0.25, 0.3) is 0 Å². The Morgan fingerprint density at radius 3 is 2.50 bits per heavy atom. The molecule has 1 unspecified atom stereocenters. The van der Waals surface area contributed by atoms with Crippen LogP contribution in [0, 0.1) is 0 Å². The number of ether oxygens (including phenoxy) is 2. The van der Waals surface area contributed by atoms with E-state index in [2.05, 4.69) is 0 Å². The first kappa shape index (κ1) is 14.1. The van der Waals surface area contributed by atoms with Crippen molar-refractivity contribution >= 4 is 0 Å². The highest BCUT2D eigenvalue weighted by molar-refractivity contribution is 5.43. The third kappa shape index (κ3) is 3.15. The van der Waals surface area contributed by atoms with Crippen LogP contribution in [0.2, 0.25) is 0 Å². The number of rotatable bonds is 5. The molecular weight excluding hydrogens is 256 g/mol. The third-order valence-electron chi connectivity index (χ3n) is 2.90. The van der Waals surface area contributed by atoms with Crippen molar-refractivity contribution in [1.29, 1.82) is 0 Å². The quantitative estimate of drug-likeness (QED) is 0.874. The van der Waals surface area contributed by atoms with E-state index in [0.29, 0.717) is 18.1 Å². The molecule has 0 aromatic heterocycles. The Labute approximate surface area is 118 Å². The average molecular weight is 274 g/mol. The fraction of sp³-hybridized carbons (Fsp3) is 0.250. The van der Waals surface area contributed by atoms with Crippen molar-refractivity contribution in [1.82, 2.24) is 0 Å². The molecule has 0 fully saturated rings. The van der Waals surface area contributed by atoms with E-state index in [0.717, 1.165) is 5.56 Å². The van der Waals surface area contributed by atoms with Crippen LogP contribution in [0.15, 0.2) is 42.5 Å². The maximum Gasteiger partial charge on any atom is 0.161 e. The molecule has 20 heavy (non-hydrogen) atoms. The summed E-state index contributed by atoms with van der Waals surface area (Å²) >= 11 is 0. The van der Waals surface area contributed by atoms with Gasteiger partial charge in [0.2, 0.25) is 0 Å². The molecule has 0 bridgehead atoms. The molecule has 0 saturated carbocycles. The van der Waals surface area contributed by atoms with Gasteiger partial charge in [-0.3, -0.25) is 0 Å². The minimum Gasteiger partial charge on any atom is -0.508 e. The predicted octanol–water partition coefficient (Wildman–Crippen LogP) is 3.64. The summed E-state index contributed by atoms with van der Waals surface area (Å²) in [5.74, 6) is 1.28. The van der Waals surface area contributed by atoms with Gasteiger partial charge < -0.3 is 19.7 Å². The molecule has 2 N–H and O–H groups in total. The normalized spacial score (nSPS) is 11.9. The number of aromatic hydroxyl groups is 2. The second kappa shape index (κ2) is 6.19. The molecule has 4 heteroatoms. The summed E-state index contributed by atoms with van der Waals surface area (Å²) in [7, 11) is 0. The van der Waals surface area contributed by atoms with Crippen molar-refractivity contribution in [2.75, 3.05) is 6.61 Å². The zero-order valence-corrected chi connectivity index (χ0v) is 11.5. The Morgan fingerprint density at radius 1 is 1.05 bits per heavy atom. The number of hydrogen-bond donors (Lipinski definition) is 2.